The topological polar surface area (TPSA) is 60.3 Å². The molecular weight excluding hydrogens is 444 g/mol. The molecule has 1 aliphatic carbocycles. The zero-order chi connectivity index (χ0) is 23.9. The third-order valence-corrected chi connectivity index (χ3v) is 7.70. The maximum atomic E-state index is 13.2. The van der Waals surface area contributed by atoms with Crippen molar-refractivity contribution in [3.63, 3.8) is 0 Å². The average Bonchev–Trinajstić information content (AvgIpc) is 3.29. The predicted molar refractivity (Wildman–Crippen MR) is 137 cm³/mol. The van der Waals surface area contributed by atoms with Gasteiger partial charge in [0.15, 0.2) is 11.0 Å². The van der Waals surface area contributed by atoms with E-state index in [1.165, 1.54) is 36.6 Å². The van der Waals surface area contributed by atoms with E-state index in [1.54, 1.807) is 7.11 Å². The molecule has 0 N–H and O–H groups in total. The summed E-state index contributed by atoms with van der Waals surface area (Å²) in [5.74, 6) is 1.68. The first-order valence-electron chi connectivity index (χ1n) is 12.1. The lowest BCUT2D eigenvalue weighted by atomic mass is 9.94. The predicted octanol–water partition coefficient (Wildman–Crippen LogP) is 5.47. The van der Waals surface area contributed by atoms with Crippen molar-refractivity contribution in [2.45, 2.75) is 68.4 Å². The second-order valence-corrected chi connectivity index (χ2v) is 10.2. The highest BCUT2D eigenvalue weighted by Crippen LogP contribution is 2.33. The number of ether oxygens (including phenoxy) is 1. The number of hydrogen-bond donors (Lipinski definition) is 0. The van der Waals surface area contributed by atoms with E-state index in [2.05, 4.69) is 39.0 Å². The summed E-state index contributed by atoms with van der Waals surface area (Å²) in [7, 11) is 3.62. The van der Waals surface area contributed by atoms with Crippen LogP contribution in [0, 0.1) is 0 Å². The Morgan fingerprint density at radius 3 is 2.53 bits per heavy atom. The second kappa shape index (κ2) is 11.6. The Morgan fingerprint density at radius 2 is 1.79 bits per heavy atom. The maximum absolute atomic E-state index is 13.2. The number of carbonyl (C=O) groups is 1. The van der Waals surface area contributed by atoms with Crippen LogP contribution < -0.4 is 4.74 Å². The van der Waals surface area contributed by atoms with Gasteiger partial charge in [-0.25, -0.2) is 0 Å². The van der Waals surface area contributed by atoms with E-state index in [1.807, 2.05) is 49.2 Å². The summed E-state index contributed by atoms with van der Waals surface area (Å²) < 4.78 is 7.72. The van der Waals surface area contributed by atoms with Gasteiger partial charge in [0, 0.05) is 19.6 Å². The smallest absolute Gasteiger partial charge is 0.235 e. The van der Waals surface area contributed by atoms with Crippen LogP contribution in [-0.2, 0) is 17.8 Å². The minimum Gasteiger partial charge on any atom is -0.496 e. The van der Waals surface area contributed by atoms with Gasteiger partial charge in [0.2, 0.25) is 5.91 Å². The molecule has 0 bridgehead atoms. The average molecular weight is 479 g/mol. The lowest BCUT2D eigenvalue weighted by molar-refractivity contribution is -0.131. The van der Waals surface area contributed by atoms with Crippen molar-refractivity contribution < 1.29 is 9.53 Å². The van der Waals surface area contributed by atoms with Gasteiger partial charge in [0.1, 0.15) is 5.75 Å². The number of aromatic nitrogens is 3. The van der Waals surface area contributed by atoms with E-state index in [4.69, 9.17) is 4.74 Å². The van der Waals surface area contributed by atoms with Crippen molar-refractivity contribution in [2.24, 2.45) is 0 Å². The van der Waals surface area contributed by atoms with Gasteiger partial charge >= 0.3 is 0 Å². The fourth-order valence-electron chi connectivity index (χ4n) is 4.64. The molecule has 34 heavy (non-hydrogen) atoms. The van der Waals surface area contributed by atoms with Gasteiger partial charge in [-0.1, -0.05) is 73.5 Å². The van der Waals surface area contributed by atoms with Crippen LogP contribution in [-0.4, -0.2) is 51.0 Å². The van der Waals surface area contributed by atoms with Crippen LogP contribution in [0.2, 0.25) is 0 Å². The normalized spacial score (nSPS) is 15.1. The summed E-state index contributed by atoms with van der Waals surface area (Å²) in [5, 5.41) is 9.59. The van der Waals surface area contributed by atoms with E-state index in [9.17, 15) is 4.79 Å². The number of thioether (sulfide) groups is 1. The quantitative estimate of drug-likeness (QED) is 0.382. The third-order valence-electron chi connectivity index (χ3n) is 6.63. The van der Waals surface area contributed by atoms with E-state index in [0.717, 1.165) is 41.6 Å². The molecule has 1 heterocycles. The molecule has 0 radical (unpaired) electrons. The van der Waals surface area contributed by atoms with Gasteiger partial charge in [-0.3, -0.25) is 4.79 Å². The summed E-state index contributed by atoms with van der Waals surface area (Å²) >= 11 is 1.49. The Labute approximate surface area is 206 Å². The number of hydrogen-bond acceptors (Lipinski definition) is 5. The minimum atomic E-state index is -0.239. The van der Waals surface area contributed by atoms with Crippen molar-refractivity contribution in [1.29, 1.82) is 0 Å². The molecule has 2 aromatic carbocycles. The molecule has 3 aromatic rings. The minimum absolute atomic E-state index is 0.161. The van der Waals surface area contributed by atoms with E-state index < -0.39 is 0 Å². The zero-order valence-electron chi connectivity index (χ0n) is 20.3. The number of carbonyl (C=O) groups excluding carboxylic acids is 1. The molecule has 7 heteroatoms. The molecule has 180 valence electrons. The number of para-hydroxylation sites is 1. The van der Waals surface area contributed by atoms with Crippen molar-refractivity contribution >= 4 is 17.7 Å². The molecule has 1 aromatic heterocycles. The molecule has 1 amide bonds. The summed E-state index contributed by atoms with van der Waals surface area (Å²) in [5.41, 5.74) is 2.15. The van der Waals surface area contributed by atoms with Crippen molar-refractivity contribution in [2.75, 3.05) is 14.2 Å². The van der Waals surface area contributed by atoms with Crippen LogP contribution in [0.1, 0.15) is 44.6 Å². The first-order valence-corrected chi connectivity index (χ1v) is 13.0. The highest BCUT2D eigenvalue weighted by molar-refractivity contribution is 8.00. The fraction of sp³-hybridized carbons (Fsp3) is 0.444. The molecule has 1 atom stereocenters. The number of aryl methyl sites for hydroxylation is 1. The lowest BCUT2D eigenvalue weighted by Gasteiger charge is -2.32. The Hall–Kier alpha value is -2.80. The van der Waals surface area contributed by atoms with Gasteiger partial charge in [-0.2, -0.15) is 0 Å². The zero-order valence-corrected chi connectivity index (χ0v) is 21.1. The number of benzene rings is 2. The van der Waals surface area contributed by atoms with Crippen LogP contribution in [0.15, 0.2) is 59.8 Å². The standard InChI is InChI=1S/C27H34N4O2S/c1-20(26(32)30(2)22-14-8-5-9-15-22)34-27-29-28-25(23-16-10-11-17-24(23)33-3)31(27)19-18-21-12-6-4-7-13-21/h4,6-7,10-13,16-17,20,22H,5,8-9,14-15,18-19H2,1-3H3. The number of methoxy groups -OCH3 is 1. The fourth-order valence-corrected chi connectivity index (χ4v) is 5.61. The molecule has 1 unspecified atom stereocenters. The van der Waals surface area contributed by atoms with Crippen LogP contribution >= 0.6 is 11.8 Å². The third kappa shape index (κ3) is 5.63. The van der Waals surface area contributed by atoms with Crippen LogP contribution in [0.25, 0.3) is 11.4 Å². The molecule has 0 spiro atoms. The summed E-state index contributed by atoms with van der Waals surface area (Å²) in [6.45, 7) is 2.69. The van der Waals surface area contributed by atoms with E-state index in [0.29, 0.717) is 12.6 Å². The van der Waals surface area contributed by atoms with E-state index in [-0.39, 0.29) is 11.2 Å². The number of nitrogens with zero attached hydrogens (tertiary/aromatic N) is 4. The molecule has 6 nitrogen and oxygen atoms in total. The number of rotatable bonds is 9. The number of amides is 1. The summed E-state index contributed by atoms with van der Waals surface area (Å²) in [6, 6.07) is 18.6. The van der Waals surface area contributed by atoms with Crippen LogP contribution in [0.3, 0.4) is 0 Å². The summed E-state index contributed by atoms with van der Waals surface area (Å²) in [4.78, 5) is 15.2. The Morgan fingerprint density at radius 1 is 1.09 bits per heavy atom. The van der Waals surface area contributed by atoms with Gasteiger partial charge in [-0.05, 0) is 43.9 Å². The van der Waals surface area contributed by atoms with Crippen LogP contribution in [0.4, 0.5) is 0 Å². The van der Waals surface area contributed by atoms with Crippen molar-refractivity contribution in [3.05, 3.63) is 60.2 Å². The molecule has 0 saturated heterocycles. The van der Waals surface area contributed by atoms with Gasteiger partial charge in [-0.15, -0.1) is 10.2 Å². The molecule has 1 aliphatic rings. The largest absolute Gasteiger partial charge is 0.496 e. The van der Waals surface area contributed by atoms with Gasteiger partial charge in [0.05, 0.1) is 17.9 Å². The monoisotopic (exact) mass is 478 g/mol. The highest BCUT2D eigenvalue weighted by Gasteiger charge is 2.28. The molecule has 4 rings (SSSR count). The van der Waals surface area contributed by atoms with Crippen LogP contribution in [0.5, 0.6) is 5.75 Å². The molecule has 1 fully saturated rings. The van der Waals surface area contributed by atoms with Crippen molar-refractivity contribution in [1.82, 2.24) is 19.7 Å². The Bertz CT molecular complexity index is 1080. The highest BCUT2D eigenvalue weighted by atomic mass is 32.2. The Balaban J connectivity index is 1.58. The molecule has 0 aliphatic heterocycles. The second-order valence-electron chi connectivity index (χ2n) is 8.89. The van der Waals surface area contributed by atoms with Crippen molar-refractivity contribution in [3.8, 4) is 17.1 Å². The Kier molecular flexibility index (Phi) is 8.27. The first kappa shape index (κ1) is 24.3. The molecule has 1 saturated carbocycles. The summed E-state index contributed by atoms with van der Waals surface area (Å²) in [6.07, 6.45) is 6.74. The SMILES string of the molecule is COc1ccccc1-c1nnc(SC(C)C(=O)N(C)C2CCCCC2)n1CCc1ccccc1. The van der Waals surface area contributed by atoms with Gasteiger partial charge in [0.25, 0.3) is 0 Å². The first-order chi connectivity index (χ1) is 16.6. The molecular formula is C27H34N4O2S. The van der Waals surface area contributed by atoms with Gasteiger partial charge < -0.3 is 14.2 Å². The van der Waals surface area contributed by atoms with E-state index >= 15 is 0 Å². The maximum Gasteiger partial charge on any atom is 0.235 e. The lowest BCUT2D eigenvalue weighted by Crippen LogP contribution is -2.42.